The zero-order chi connectivity index (χ0) is 10.5. The van der Waals surface area contributed by atoms with Gasteiger partial charge in [0, 0.05) is 11.3 Å². The van der Waals surface area contributed by atoms with Crippen LogP contribution in [-0.2, 0) is 0 Å². The fourth-order valence-corrected chi connectivity index (χ4v) is 1.22. The van der Waals surface area contributed by atoms with E-state index in [2.05, 4.69) is 18.5 Å². The maximum atomic E-state index is 9.64. The summed E-state index contributed by atoms with van der Waals surface area (Å²) in [6.07, 6.45) is 3.28. The van der Waals surface area contributed by atoms with Gasteiger partial charge in [0.1, 0.15) is 0 Å². The molecule has 2 unspecified atom stereocenters. The highest BCUT2D eigenvalue weighted by Gasteiger charge is 2.21. The first kappa shape index (κ1) is 13.3. The fourth-order valence-electron chi connectivity index (χ4n) is 0.871. The molecule has 0 amide bonds. The summed E-state index contributed by atoms with van der Waals surface area (Å²) in [7, 11) is 0. The Morgan fingerprint density at radius 1 is 1.38 bits per heavy atom. The Balaban J connectivity index is 3.54. The molecule has 0 aromatic carbocycles. The van der Waals surface area contributed by atoms with Crippen LogP contribution in [0, 0.1) is 0 Å². The first-order valence-corrected chi connectivity index (χ1v) is 6.15. The lowest BCUT2D eigenvalue weighted by molar-refractivity contribution is 0.0444. The van der Waals surface area contributed by atoms with Crippen LogP contribution in [0.2, 0.25) is 0 Å². The van der Waals surface area contributed by atoms with Crippen LogP contribution in [0.5, 0.6) is 0 Å². The molecule has 0 heterocycles. The van der Waals surface area contributed by atoms with E-state index in [1.54, 1.807) is 0 Å². The molecule has 0 fully saturated rings. The van der Waals surface area contributed by atoms with Gasteiger partial charge in [0.15, 0.2) is 0 Å². The Morgan fingerprint density at radius 3 is 2.31 bits per heavy atom. The van der Waals surface area contributed by atoms with Crippen molar-refractivity contribution in [3.05, 3.63) is 0 Å². The average Bonchev–Trinajstić information content (AvgIpc) is 2.02. The molecule has 0 aliphatic carbocycles. The van der Waals surface area contributed by atoms with Crippen LogP contribution in [0.1, 0.15) is 34.1 Å². The van der Waals surface area contributed by atoms with Crippen molar-refractivity contribution >= 4 is 11.8 Å². The fraction of sp³-hybridized carbons (Fsp3) is 1.00. The van der Waals surface area contributed by atoms with Gasteiger partial charge in [-0.15, -0.1) is 0 Å². The lowest BCUT2D eigenvalue weighted by atomic mass is 10.0. The predicted molar refractivity (Wildman–Crippen MR) is 61.4 cm³/mol. The Kier molecular flexibility index (Phi) is 6.01. The van der Waals surface area contributed by atoms with Crippen molar-refractivity contribution in [1.82, 2.24) is 5.32 Å². The molecule has 13 heavy (non-hydrogen) atoms. The van der Waals surface area contributed by atoms with Crippen LogP contribution in [0.15, 0.2) is 0 Å². The second-order valence-corrected chi connectivity index (χ2v) is 5.44. The molecule has 0 radical (unpaired) electrons. The monoisotopic (exact) mass is 205 g/mol. The van der Waals surface area contributed by atoms with Gasteiger partial charge in [0.05, 0.1) is 5.60 Å². The maximum Gasteiger partial charge on any atom is 0.0741 e. The topological polar surface area (TPSA) is 32.3 Å². The normalized spacial score (nSPS) is 17.1. The highest BCUT2D eigenvalue weighted by Crippen LogP contribution is 2.10. The van der Waals surface area contributed by atoms with Gasteiger partial charge in [0.25, 0.3) is 0 Å². The lowest BCUT2D eigenvalue weighted by Gasteiger charge is -2.27. The summed E-state index contributed by atoms with van der Waals surface area (Å²) in [6, 6.07) is 0.154. The quantitative estimate of drug-likeness (QED) is 0.694. The molecule has 0 saturated carbocycles. The number of hydrogen-bond acceptors (Lipinski definition) is 3. The van der Waals surface area contributed by atoms with Crippen molar-refractivity contribution < 1.29 is 5.11 Å². The van der Waals surface area contributed by atoms with Gasteiger partial charge in [-0.25, -0.2) is 0 Å². The molecule has 2 atom stereocenters. The van der Waals surface area contributed by atoms with E-state index in [9.17, 15) is 5.11 Å². The molecule has 0 spiro atoms. The third kappa shape index (κ3) is 6.36. The van der Waals surface area contributed by atoms with Gasteiger partial charge in [0.2, 0.25) is 0 Å². The van der Waals surface area contributed by atoms with Gasteiger partial charge >= 0.3 is 0 Å². The van der Waals surface area contributed by atoms with E-state index in [-0.39, 0.29) is 6.04 Å². The zero-order valence-corrected chi connectivity index (χ0v) is 10.2. The van der Waals surface area contributed by atoms with Crippen LogP contribution in [-0.4, -0.2) is 34.8 Å². The summed E-state index contributed by atoms with van der Waals surface area (Å²) < 4.78 is 0. The molecule has 0 aromatic rings. The van der Waals surface area contributed by atoms with E-state index < -0.39 is 5.60 Å². The Bertz CT molecular complexity index is 133. The van der Waals surface area contributed by atoms with Crippen LogP contribution < -0.4 is 5.32 Å². The molecule has 0 aromatic heterocycles. The van der Waals surface area contributed by atoms with Crippen molar-refractivity contribution in [3.63, 3.8) is 0 Å². The second-order valence-electron chi connectivity index (χ2n) is 4.16. The first-order valence-electron chi connectivity index (χ1n) is 4.86. The summed E-state index contributed by atoms with van der Waals surface area (Å²) in [5, 5.41) is 13.7. The highest BCUT2D eigenvalue weighted by molar-refractivity contribution is 7.99. The molecule has 0 bridgehead atoms. The van der Waals surface area contributed by atoms with Gasteiger partial charge in [-0.3, -0.25) is 0 Å². The van der Waals surface area contributed by atoms with Crippen molar-refractivity contribution in [2.24, 2.45) is 0 Å². The predicted octanol–water partition coefficient (Wildman–Crippen LogP) is 1.88. The van der Waals surface area contributed by atoms with Crippen molar-refractivity contribution in [2.45, 2.75) is 51.0 Å². The van der Waals surface area contributed by atoms with E-state index >= 15 is 0 Å². The second kappa shape index (κ2) is 5.89. The molecule has 0 aliphatic rings. The third-order valence-corrected chi connectivity index (χ3v) is 3.50. The number of rotatable bonds is 6. The molecular formula is C10H23NOS. The smallest absolute Gasteiger partial charge is 0.0741 e. The molecule has 0 saturated heterocycles. The number of nitrogens with one attached hydrogen (secondary N) is 1. The largest absolute Gasteiger partial charge is 0.389 e. The lowest BCUT2D eigenvalue weighted by Crippen LogP contribution is -2.45. The molecule has 3 heteroatoms. The van der Waals surface area contributed by atoms with Crippen LogP contribution in [0.3, 0.4) is 0 Å². The van der Waals surface area contributed by atoms with Gasteiger partial charge in [-0.05, 0) is 40.0 Å². The van der Waals surface area contributed by atoms with Gasteiger partial charge in [-0.1, -0.05) is 6.92 Å². The SMILES string of the molecule is CSC(C)CCNC(C)C(C)(C)O. The maximum absolute atomic E-state index is 9.64. The number of aliphatic hydroxyl groups is 1. The molecule has 0 rings (SSSR count). The van der Waals surface area contributed by atoms with Crippen molar-refractivity contribution in [1.29, 1.82) is 0 Å². The van der Waals surface area contributed by atoms with Crippen LogP contribution in [0.4, 0.5) is 0 Å². The third-order valence-electron chi connectivity index (χ3n) is 2.46. The molecule has 0 aliphatic heterocycles. The zero-order valence-electron chi connectivity index (χ0n) is 9.42. The molecule has 2 nitrogen and oxygen atoms in total. The standard InChI is InChI=1S/C10H23NOS/c1-8(13-5)6-7-11-9(2)10(3,4)12/h8-9,11-12H,6-7H2,1-5H3. The van der Waals surface area contributed by atoms with Crippen LogP contribution in [0.25, 0.3) is 0 Å². The number of hydrogen-bond donors (Lipinski definition) is 2. The van der Waals surface area contributed by atoms with E-state index in [1.807, 2.05) is 32.5 Å². The minimum Gasteiger partial charge on any atom is -0.389 e. The highest BCUT2D eigenvalue weighted by atomic mass is 32.2. The van der Waals surface area contributed by atoms with E-state index in [4.69, 9.17) is 0 Å². The van der Waals surface area contributed by atoms with Crippen molar-refractivity contribution in [2.75, 3.05) is 12.8 Å². The molecule has 2 N–H and O–H groups in total. The van der Waals surface area contributed by atoms with Crippen LogP contribution >= 0.6 is 11.8 Å². The minimum atomic E-state index is -0.622. The minimum absolute atomic E-state index is 0.154. The summed E-state index contributed by atoms with van der Waals surface area (Å²) in [4.78, 5) is 0. The number of thioether (sulfide) groups is 1. The molecular weight excluding hydrogens is 182 g/mol. The summed E-state index contributed by atoms with van der Waals surface area (Å²) in [6.45, 7) is 8.89. The first-order chi connectivity index (χ1) is 5.88. The van der Waals surface area contributed by atoms with E-state index in [0.717, 1.165) is 13.0 Å². The molecule has 80 valence electrons. The summed E-state index contributed by atoms with van der Waals surface area (Å²) >= 11 is 1.88. The Morgan fingerprint density at radius 2 is 1.92 bits per heavy atom. The van der Waals surface area contributed by atoms with Crippen molar-refractivity contribution in [3.8, 4) is 0 Å². The van der Waals surface area contributed by atoms with Gasteiger partial charge < -0.3 is 10.4 Å². The van der Waals surface area contributed by atoms with E-state index in [0.29, 0.717) is 5.25 Å². The van der Waals surface area contributed by atoms with E-state index in [1.165, 1.54) is 0 Å². The Hall–Kier alpha value is 0.270. The summed E-state index contributed by atoms with van der Waals surface area (Å²) in [5.74, 6) is 0. The average molecular weight is 205 g/mol. The summed E-state index contributed by atoms with van der Waals surface area (Å²) in [5.41, 5.74) is -0.622. The Labute approximate surface area is 86.5 Å². The van der Waals surface area contributed by atoms with Gasteiger partial charge in [-0.2, -0.15) is 11.8 Å².